The van der Waals surface area contributed by atoms with E-state index in [9.17, 15) is 23.1 Å². The molecule has 0 saturated heterocycles. The lowest BCUT2D eigenvalue weighted by atomic mass is 10.2. The molecule has 2 aromatic rings. The normalized spacial score (nSPS) is 15.8. The maximum absolute atomic E-state index is 12.7. The average Bonchev–Trinajstić information content (AvgIpc) is 3.06. The van der Waals surface area contributed by atoms with Gasteiger partial charge in [-0.05, 0) is 18.2 Å². The topological polar surface area (TPSA) is 145 Å². The van der Waals surface area contributed by atoms with Gasteiger partial charge in [-0.15, -0.1) is 0 Å². The Bertz CT molecular complexity index is 1230. The summed E-state index contributed by atoms with van der Waals surface area (Å²) >= 11 is 0. The van der Waals surface area contributed by atoms with Crippen LogP contribution < -0.4 is 10.2 Å². The molecule has 3 rings (SSSR count). The van der Waals surface area contributed by atoms with Gasteiger partial charge in [-0.25, -0.2) is 8.42 Å². The lowest BCUT2D eigenvalue weighted by Gasteiger charge is -2.37. The summed E-state index contributed by atoms with van der Waals surface area (Å²) in [6.07, 6.45) is -1.40. The minimum atomic E-state index is -3.94. The minimum absolute atomic E-state index is 0.0104. The molecule has 11 nitrogen and oxygen atoms in total. The number of aliphatic hydroxyl groups excluding tert-OH is 2. The Hall–Kier alpha value is -3.40. The summed E-state index contributed by atoms with van der Waals surface area (Å²) in [6.45, 7) is 0.739. The second kappa shape index (κ2) is 8.99. The van der Waals surface area contributed by atoms with Crippen LogP contribution in [0, 0.1) is 11.8 Å². The Morgan fingerprint density at radius 3 is 2.69 bits per heavy atom. The smallest absolute Gasteiger partial charge is 0.277 e. The number of nitrogens with zero attached hydrogens (tertiary/aromatic N) is 4. The molecule has 0 saturated carbocycles. The highest BCUT2D eigenvalue weighted by Gasteiger charge is 2.40. The van der Waals surface area contributed by atoms with Crippen molar-refractivity contribution in [1.29, 1.82) is 0 Å². The van der Waals surface area contributed by atoms with Crippen molar-refractivity contribution in [3.8, 4) is 11.8 Å². The Morgan fingerprint density at radius 2 is 2.03 bits per heavy atom. The zero-order chi connectivity index (χ0) is 23.6. The van der Waals surface area contributed by atoms with E-state index in [-0.39, 0.29) is 29.1 Å². The fourth-order valence-corrected chi connectivity index (χ4v) is 4.40. The molecule has 1 aromatic heterocycles. The van der Waals surface area contributed by atoms with Crippen molar-refractivity contribution < 1.29 is 28.2 Å². The summed E-state index contributed by atoms with van der Waals surface area (Å²) in [5, 5.41) is 21.9. The number of hydrogen-bond acceptors (Lipinski definition) is 8. The molecule has 3 N–H and O–H groups in total. The number of sulfone groups is 1. The van der Waals surface area contributed by atoms with Gasteiger partial charge < -0.3 is 25.0 Å². The van der Waals surface area contributed by atoms with Crippen LogP contribution in [0.25, 0.3) is 0 Å². The largest absolute Gasteiger partial charge is 0.395 e. The predicted molar refractivity (Wildman–Crippen MR) is 115 cm³/mol. The van der Waals surface area contributed by atoms with Crippen LogP contribution in [0.5, 0.6) is 0 Å². The molecule has 2 heterocycles. The number of hydrogen-bond donors (Lipinski definition) is 3. The number of carbonyl (C=O) groups is 2. The molecule has 1 unspecified atom stereocenters. The number of aliphatic hydroxyl groups is 2. The highest BCUT2D eigenvalue weighted by atomic mass is 32.2. The van der Waals surface area contributed by atoms with Gasteiger partial charge in [0.15, 0.2) is 11.5 Å². The number of benzene rings is 1. The van der Waals surface area contributed by atoms with E-state index < -0.39 is 34.5 Å². The second-order valence-corrected chi connectivity index (χ2v) is 9.13. The van der Waals surface area contributed by atoms with E-state index in [0.717, 1.165) is 9.47 Å². The van der Waals surface area contributed by atoms with E-state index >= 15 is 0 Å². The lowest BCUT2D eigenvalue weighted by molar-refractivity contribution is -0.114. The van der Waals surface area contributed by atoms with Gasteiger partial charge in [-0.2, -0.15) is 4.98 Å². The molecule has 12 heteroatoms. The van der Waals surface area contributed by atoms with Crippen LogP contribution in [-0.4, -0.2) is 77.2 Å². The standard InChI is InChI=1S/C20H23N5O6S/c1-13(27)21-15-8-4-6-14(12-15)7-5-9-25-17-16(18(28)24(3)20(25)29)23(2)19(22-17)32(30,31)11-10-26/h4,6,8,12,20,26,29H,9-11H2,1-3H3,(H,21,27). The molecular formula is C20H23N5O6S. The molecule has 170 valence electrons. The Labute approximate surface area is 185 Å². The maximum atomic E-state index is 12.7. The van der Waals surface area contributed by atoms with E-state index in [2.05, 4.69) is 22.1 Å². The minimum Gasteiger partial charge on any atom is -0.395 e. The second-order valence-electron chi connectivity index (χ2n) is 7.12. The van der Waals surface area contributed by atoms with Gasteiger partial charge in [0.1, 0.15) is 0 Å². The number of nitrogens with one attached hydrogen (secondary N) is 1. The first-order valence-electron chi connectivity index (χ1n) is 9.55. The summed E-state index contributed by atoms with van der Waals surface area (Å²) in [5.41, 5.74) is 1.18. The monoisotopic (exact) mass is 461 g/mol. The third kappa shape index (κ3) is 4.45. The first kappa shape index (κ1) is 23.3. The fraction of sp³-hybridized carbons (Fsp3) is 0.350. The number of anilines is 2. The Morgan fingerprint density at radius 1 is 1.31 bits per heavy atom. The third-order valence-electron chi connectivity index (χ3n) is 4.76. The molecule has 0 bridgehead atoms. The quantitative estimate of drug-likeness (QED) is 0.499. The summed E-state index contributed by atoms with van der Waals surface area (Å²) in [7, 11) is -1.18. The van der Waals surface area contributed by atoms with Gasteiger partial charge in [0, 0.05) is 32.3 Å². The van der Waals surface area contributed by atoms with Crippen molar-refractivity contribution >= 4 is 33.2 Å². The van der Waals surface area contributed by atoms with Gasteiger partial charge in [-0.1, -0.05) is 17.9 Å². The van der Waals surface area contributed by atoms with E-state index in [1.807, 2.05) is 0 Å². The van der Waals surface area contributed by atoms with E-state index in [1.165, 1.54) is 25.9 Å². The highest BCUT2D eigenvalue weighted by Crippen LogP contribution is 2.30. The molecular weight excluding hydrogens is 438 g/mol. The van der Waals surface area contributed by atoms with Gasteiger partial charge >= 0.3 is 0 Å². The van der Waals surface area contributed by atoms with Crippen LogP contribution in [0.2, 0.25) is 0 Å². The zero-order valence-electron chi connectivity index (χ0n) is 17.7. The van der Waals surface area contributed by atoms with Crippen molar-refractivity contribution in [2.75, 3.05) is 36.2 Å². The molecule has 0 aliphatic carbocycles. The van der Waals surface area contributed by atoms with E-state index in [4.69, 9.17) is 5.11 Å². The van der Waals surface area contributed by atoms with E-state index in [1.54, 1.807) is 24.3 Å². The molecule has 0 spiro atoms. The van der Waals surface area contributed by atoms with Crippen LogP contribution in [0.4, 0.5) is 11.5 Å². The van der Waals surface area contributed by atoms with Crippen molar-refractivity contribution in [3.05, 3.63) is 35.5 Å². The molecule has 1 aliphatic rings. The van der Waals surface area contributed by atoms with Gasteiger partial charge in [-0.3, -0.25) is 14.5 Å². The van der Waals surface area contributed by atoms with Crippen LogP contribution in [0.15, 0.2) is 29.4 Å². The van der Waals surface area contributed by atoms with Crippen LogP contribution in [0.3, 0.4) is 0 Å². The SMILES string of the molecule is CC(=O)Nc1cccc(C#CCN2c3nc(S(=O)(=O)CCO)n(C)c3C(=O)N(C)C2O)c1. The number of imidazole rings is 1. The number of rotatable bonds is 5. The molecule has 1 aromatic carbocycles. The summed E-state index contributed by atoms with van der Waals surface area (Å²) < 4.78 is 26.0. The van der Waals surface area contributed by atoms with Crippen molar-refractivity contribution in [2.45, 2.75) is 18.4 Å². The molecule has 1 atom stereocenters. The molecule has 0 radical (unpaired) electrons. The van der Waals surface area contributed by atoms with Crippen molar-refractivity contribution in [3.63, 3.8) is 0 Å². The third-order valence-corrected chi connectivity index (χ3v) is 6.40. The highest BCUT2D eigenvalue weighted by molar-refractivity contribution is 7.91. The zero-order valence-corrected chi connectivity index (χ0v) is 18.5. The van der Waals surface area contributed by atoms with E-state index in [0.29, 0.717) is 11.3 Å². The van der Waals surface area contributed by atoms with Crippen molar-refractivity contribution in [1.82, 2.24) is 14.5 Å². The van der Waals surface area contributed by atoms with Crippen LogP contribution in [0.1, 0.15) is 23.0 Å². The molecule has 0 fully saturated rings. The fourth-order valence-electron chi connectivity index (χ4n) is 3.24. The van der Waals surface area contributed by atoms with Crippen molar-refractivity contribution in [2.24, 2.45) is 7.05 Å². The number of aromatic nitrogens is 2. The van der Waals surface area contributed by atoms with Crippen LogP contribution in [-0.2, 0) is 21.7 Å². The first-order valence-corrected chi connectivity index (χ1v) is 11.2. The number of fused-ring (bicyclic) bond motifs is 1. The lowest BCUT2D eigenvalue weighted by Crippen LogP contribution is -2.54. The molecule has 1 aliphatic heterocycles. The summed E-state index contributed by atoms with van der Waals surface area (Å²) in [6, 6.07) is 6.87. The van der Waals surface area contributed by atoms with Gasteiger partial charge in [0.2, 0.25) is 27.3 Å². The Kier molecular flexibility index (Phi) is 6.54. The van der Waals surface area contributed by atoms with Gasteiger partial charge in [0.25, 0.3) is 5.91 Å². The predicted octanol–water partition coefficient (Wildman–Crippen LogP) is -0.636. The van der Waals surface area contributed by atoms with Crippen LogP contribution >= 0.6 is 0 Å². The summed E-state index contributed by atoms with van der Waals surface area (Å²) in [4.78, 5) is 30.3. The van der Waals surface area contributed by atoms with Gasteiger partial charge in [0.05, 0.1) is 18.9 Å². The average molecular weight is 462 g/mol. The molecule has 2 amide bonds. The number of amides is 2. The first-order chi connectivity index (χ1) is 15.1. The maximum Gasteiger partial charge on any atom is 0.277 e. The Balaban J connectivity index is 1.96. The summed E-state index contributed by atoms with van der Waals surface area (Å²) in [5.74, 6) is 4.42. The number of carbonyl (C=O) groups excluding carboxylic acids is 2. The molecule has 32 heavy (non-hydrogen) atoms.